The number of rotatable bonds is 10. The minimum Gasteiger partial charge on any atom is -0.377 e. The average Bonchev–Trinajstić information content (AvgIpc) is 2.39. The van der Waals surface area contributed by atoms with Gasteiger partial charge in [0.15, 0.2) is 0 Å². The van der Waals surface area contributed by atoms with Gasteiger partial charge in [0.05, 0.1) is 6.10 Å². The molecule has 2 unspecified atom stereocenters. The zero-order chi connectivity index (χ0) is 15.7. The van der Waals surface area contributed by atoms with Crippen molar-refractivity contribution in [3.8, 4) is 0 Å². The third-order valence-electron chi connectivity index (χ3n) is 4.43. The Kier molecular flexibility index (Phi) is 8.84. The SMILES string of the molecule is CCCC(C)(CNCC(C)C)CN1CCCC(OCC)C1. The topological polar surface area (TPSA) is 24.5 Å². The lowest BCUT2D eigenvalue weighted by Gasteiger charge is -2.40. The summed E-state index contributed by atoms with van der Waals surface area (Å²) in [7, 11) is 0. The molecule has 0 bridgehead atoms. The lowest BCUT2D eigenvalue weighted by atomic mass is 9.84. The van der Waals surface area contributed by atoms with Crippen molar-refractivity contribution in [2.24, 2.45) is 11.3 Å². The lowest BCUT2D eigenvalue weighted by Crippen LogP contribution is -2.48. The summed E-state index contributed by atoms with van der Waals surface area (Å²) >= 11 is 0. The second-order valence-corrected chi connectivity index (χ2v) is 7.54. The summed E-state index contributed by atoms with van der Waals surface area (Å²) in [6, 6.07) is 0. The fraction of sp³-hybridized carbons (Fsp3) is 1.00. The van der Waals surface area contributed by atoms with E-state index in [2.05, 4.69) is 44.8 Å². The Balaban J connectivity index is 2.47. The monoisotopic (exact) mass is 298 g/mol. The van der Waals surface area contributed by atoms with Crippen LogP contribution in [0.25, 0.3) is 0 Å². The molecule has 1 aliphatic rings. The molecule has 0 aromatic heterocycles. The van der Waals surface area contributed by atoms with Crippen LogP contribution in [0.4, 0.5) is 0 Å². The molecule has 1 heterocycles. The van der Waals surface area contributed by atoms with Crippen LogP contribution < -0.4 is 5.32 Å². The van der Waals surface area contributed by atoms with Gasteiger partial charge in [0.25, 0.3) is 0 Å². The van der Waals surface area contributed by atoms with E-state index in [-0.39, 0.29) is 0 Å². The summed E-state index contributed by atoms with van der Waals surface area (Å²) in [5, 5.41) is 3.68. The molecule has 0 radical (unpaired) electrons. The molecule has 2 atom stereocenters. The van der Waals surface area contributed by atoms with E-state index in [0.29, 0.717) is 11.5 Å². The highest BCUT2D eigenvalue weighted by Crippen LogP contribution is 2.26. The van der Waals surface area contributed by atoms with Crippen molar-refractivity contribution in [3.05, 3.63) is 0 Å². The molecule has 0 aromatic rings. The second-order valence-electron chi connectivity index (χ2n) is 7.54. The van der Waals surface area contributed by atoms with Crippen LogP contribution in [-0.2, 0) is 4.74 Å². The smallest absolute Gasteiger partial charge is 0.0702 e. The summed E-state index contributed by atoms with van der Waals surface area (Å²) in [4.78, 5) is 2.64. The van der Waals surface area contributed by atoms with Crippen LogP contribution in [0.2, 0.25) is 0 Å². The van der Waals surface area contributed by atoms with Crippen molar-refractivity contribution < 1.29 is 4.74 Å². The highest BCUT2D eigenvalue weighted by Gasteiger charge is 2.29. The molecule has 0 spiro atoms. The van der Waals surface area contributed by atoms with E-state index in [9.17, 15) is 0 Å². The Morgan fingerprint density at radius 1 is 1.33 bits per heavy atom. The van der Waals surface area contributed by atoms with Gasteiger partial charge in [-0.3, -0.25) is 0 Å². The van der Waals surface area contributed by atoms with Crippen LogP contribution >= 0.6 is 0 Å². The Bertz CT molecular complexity index is 268. The Labute approximate surface area is 132 Å². The van der Waals surface area contributed by atoms with Gasteiger partial charge < -0.3 is 15.0 Å². The second kappa shape index (κ2) is 9.81. The largest absolute Gasteiger partial charge is 0.377 e. The van der Waals surface area contributed by atoms with Crippen molar-refractivity contribution in [2.45, 2.75) is 66.4 Å². The summed E-state index contributed by atoms with van der Waals surface area (Å²) in [6.07, 6.45) is 5.54. The van der Waals surface area contributed by atoms with E-state index >= 15 is 0 Å². The third-order valence-corrected chi connectivity index (χ3v) is 4.43. The number of hydrogen-bond donors (Lipinski definition) is 1. The van der Waals surface area contributed by atoms with Gasteiger partial charge in [0, 0.05) is 26.2 Å². The summed E-state index contributed by atoms with van der Waals surface area (Å²) in [6.45, 7) is 18.1. The summed E-state index contributed by atoms with van der Waals surface area (Å²) in [5.41, 5.74) is 0.387. The maximum absolute atomic E-state index is 5.84. The fourth-order valence-electron chi connectivity index (χ4n) is 3.56. The number of likely N-dealkylation sites (tertiary alicyclic amines) is 1. The molecule has 3 heteroatoms. The molecule has 0 aliphatic carbocycles. The quantitative estimate of drug-likeness (QED) is 0.667. The molecule has 21 heavy (non-hydrogen) atoms. The first-order valence-corrected chi connectivity index (χ1v) is 9.03. The van der Waals surface area contributed by atoms with Gasteiger partial charge in [-0.25, -0.2) is 0 Å². The van der Waals surface area contributed by atoms with Crippen LogP contribution in [0.5, 0.6) is 0 Å². The molecule has 1 aliphatic heterocycles. The molecule has 1 fully saturated rings. The maximum Gasteiger partial charge on any atom is 0.0702 e. The number of nitrogens with zero attached hydrogens (tertiary/aromatic N) is 1. The van der Waals surface area contributed by atoms with Crippen molar-refractivity contribution in [1.29, 1.82) is 0 Å². The first kappa shape index (κ1) is 18.9. The molecule has 0 amide bonds. The van der Waals surface area contributed by atoms with Gasteiger partial charge >= 0.3 is 0 Å². The van der Waals surface area contributed by atoms with Crippen LogP contribution in [0.3, 0.4) is 0 Å². The number of piperidine rings is 1. The van der Waals surface area contributed by atoms with Crippen molar-refractivity contribution >= 4 is 0 Å². The molecule has 1 rings (SSSR count). The molecule has 3 nitrogen and oxygen atoms in total. The minimum atomic E-state index is 0.387. The standard InChI is InChI=1S/C18H38N2O/c1-6-10-18(5,14-19-12-16(3)4)15-20-11-8-9-17(13-20)21-7-2/h16-17,19H,6-15H2,1-5H3. The normalized spacial score (nSPS) is 23.4. The Hall–Kier alpha value is -0.120. The highest BCUT2D eigenvalue weighted by molar-refractivity contribution is 4.84. The summed E-state index contributed by atoms with van der Waals surface area (Å²) < 4.78 is 5.84. The van der Waals surface area contributed by atoms with Crippen LogP contribution in [0.1, 0.15) is 60.3 Å². The Morgan fingerprint density at radius 3 is 2.71 bits per heavy atom. The van der Waals surface area contributed by atoms with Gasteiger partial charge in [-0.15, -0.1) is 0 Å². The van der Waals surface area contributed by atoms with E-state index in [1.807, 2.05) is 0 Å². The minimum absolute atomic E-state index is 0.387. The molecular formula is C18H38N2O. The van der Waals surface area contributed by atoms with E-state index in [1.165, 1.54) is 38.8 Å². The maximum atomic E-state index is 5.84. The fourth-order valence-corrected chi connectivity index (χ4v) is 3.56. The molecular weight excluding hydrogens is 260 g/mol. The molecule has 0 aromatic carbocycles. The molecule has 126 valence electrons. The van der Waals surface area contributed by atoms with Crippen LogP contribution in [-0.4, -0.2) is 50.3 Å². The number of ether oxygens (including phenoxy) is 1. The highest BCUT2D eigenvalue weighted by atomic mass is 16.5. The van der Waals surface area contributed by atoms with Gasteiger partial charge in [-0.2, -0.15) is 0 Å². The lowest BCUT2D eigenvalue weighted by molar-refractivity contribution is -0.00613. The Morgan fingerprint density at radius 2 is 2.10 bits per heavy atom. The van der Waals surface area contributed by atoms with Gasteiger partial charge in [-0.1, -0.05) is 34.1 Å². The van der Waals surface area contributed by atoms with Crippen molar-refractivity contribution in [3.63, 3.8) is 0 Å². The van der Waals surface area contributed by atoms with Crippen LogP contribution in [0, 0.1) is 11.3 Å². The summed E-state index contributed by atoms with van der Waals surface area (Å²) in [5.74, 6) is 0.730. The van der Waals surface area contributed by atoms with Gasteiger partial charge in [0.2, 0.25) is 0 Å². The zero-order valence-corrected chi connectivity index (χ0v) is 15.1. The molecule has 1 saturated heterocycles. The van der Waals surface area contributed by atoms with E-state index in [1.54, 1.807) is 0 Å². The van der Waals surface area contributed by atoms with E-state index in [0.717, 1.165) is 32.2 Å². The predicted molar refractivity (Wildman–Crippen MR) is 91.8 cm³/mol. The zero-order valence-electron chi connectivity index (χ0n) is 15.1. The average molecular weight is 299 g/mol. The van der Waals surface area contributed by atoms with E-state index < -0.39 is 0 Å². The predicted octanol–water partition coefficient (Wildman–Crippen LogP) is 3.54. The number of nitrogens with one attached hydrogen (secondary N) is 1. The van der Waals surface area contributed by atoms with Crippen molar-refractivity contribution in [2.75, 3.05) is 39.3 Å². The first-order valence-electron chi connectivity index (χ1n) is 9.03. The van der Waals surface area contributed by atoms with Crippen LogP contribution in [0.15, 0.2) is 0 Å². The number of hydrogen-bond acceptors (Lipinski definition) is 3. The molecule has 0 saturated carbocycles. The van der Waals surface area contributed by atoms with Gasteiger partial charge in [0.1, 0.15) is 0 Å². The third kappa shape index (κ3) is 7.62. The molecule has 1 N–H and O–H groups in total. The van der Waals surface area contributed by atoms with E-state index in [4.69, 9.17) is 4.74 Å². The van der Waals surface area contributed by atoms with Crippen molar-refractivity contribution in [1.82, 2.24) is 10.2 Å². The first-order chi connectivity index (χ1) is 9.99. The van der Waals surface area contributed by atoms with Gasteiger partial charge in [-0.05, 0) is 50.6 Å².